The lowest BCUT2D eigenvalue weighted by Crippen LogP contribution is -2.34. The topological polar surface area (TPSA) is 72.2 Å². The van der Waals surface area contributed by atoms with E-state index in [1.807, 2.05) is 13.8 Å². The predicted molar refractivity (Wildman–Crippen MR) is 81.7 cm³/mol. The normalized spacial score (nSPS) is 12.6. The summed E-state index contributed by atoms with van der Waals surface area (Å²) < 4.78 is 27.4. The number of rotatable bonds is 6. The molecular formula is C15H22N2O2S. The molecule has 0 radical (unpaired) electrons. The van der Waals surface area contributed by atoms with Crippen LogP contribution in [0, 0.1) is 11.8 Å². The molecule has 0 bridgehead atoms. The van der Waals surface area contributed by atoms with Gasteiger partial charge in [-0.25, -0.2) is 13.1 Å². The molecule has 1 aromatic rings. The summed E-state index contributed by atoms with van der Waals surface area (Å²) in [6.45, 7) is 4.27. The molecular weight excluding hydrogens is 272 g/mol. The first-order valence-electron chi connectivity index (χ1n) is 6.84. The van der Waals surface area contributed by atoms with Crippen molar-refractivity contribution in [3.63, 3.8) is 0 Å². The van der Waals surface area contributed by atoms with Crippen molar-refractivity contribution in [2.75, 3.05) is 6.54 Å². The van der Waals surface area contributed by atoms with Gasteiger partial charge in [-0.3, -0.25) is 0 Å². The molecule has 0 saturated carbocycles. The number of hydrogen-bond donors (Lipinski definition) is 2. The Morgan fingerprint density at radius 1 is 1.35 bits per heavy atom. The minimum Gasteiger partial charge on any atom is -0.320 e. The molecule has 0 spiro atoms. The third-order valence-corrected chi connectivity index (χ3v) is 4.45. The van der Waals surface area contributed by atoms with Crippen molar-refractivity contribution < 1.29 is 8.42 Å². The number of sulfonamides is 1. The number of hydrogen-bond acceptors (Lipinski definition) is 3. The average Bonchev–Trinajstić information content (AvgIpc) is 2.44. The van der Waals surface area contributed by atoms with Gasteiger partial charge in [0.2, 0.25) is 10.0 Å². The van der Waals surface area contributed by atoms with Crippen LogP contribution in [0.25, 0.3) is 0 Å². The zero-order valence-electron chi connectivity index (χ0n) is 12.0. The van der Waals surface area contributed by atoms with Crippen molar-refractivity contribution in [1.82, 2.24) is 4.72 Å². The number of benzene rings is 1. The van der Waals surface area contributed by atoms with Crippen LogP contribution in [-0.2, 0) is 10.0 Å². The van der Waals surface area contributed by atoms with Crippen LogP contribution in [0.5, 0.6) is 0 Å². The van der Waals surface area contributed by atoms with E-state index >= 15 is 0 Å². The van der Waals surface area contributed by atoms with Gasteiger partial charge in [-0.2, -0.15) is 0 Å². The molecule has 4 nitrogen and oxygen atoms in total. The fourth-order valence-electron chi connectivity index (χ4n) is 1.88. The molecule has 5 heteroatoms. The highest BCUT2D eigenvalue weighted by Gasteiger charge is 2.18. The van der Waals surface area contributed by atoms with Gasteiger partial charge in [0, 0.05) is 11.6 Å². The van der Waals surface area contributed by atoms with Crippen molar-refractivity contribution in [1.29, 1.82) is 0 Å². The van der Waals surface area contributed by atoms with E-state index in [9.17, 15) is 8.42 Å². The van der Waals surface area contributed by atoms with Gasteiger partial charge in [-0.1, -0.05) is 38.2 Å². The highest BCUT2D eigenvalue weighted by atomic mass is 32.2. The van der Waals surface area contributed by atoms with Gasteiger partial charge in [0.15, 0.2) is 0 Å². The molecule has 0 aromatic heterocycles. The van der Waals surface area contributed by atoms with E-state index < -0.39 is 10.0 Å². The Hall–Kier alpha value is -1.35. The zero-order chi connectivity index (χ0) is 15.0. The quantitative estimate of drug-likeness (QED) is 0.787. The number of nitrogens with two attached hydrogens (primary N) is 1. The van der Waals surface area contributed by atoms with E-state index in [-0.39, 0.29) is 17.5 Å². The minimum absolute atomic E-state index is 0.0243. The minimum atomic E-state index is -3.49. The van der Waals surface area contributed by atoms with E-state index in [2.05, 4.69) is 16.6 Å². The fraction of sp³-hybridized carbons (Fsp3) is 0.467. The Morgan fingerprint density at radius 3 is 2.70 bits per heavy atom. The first kappa shape index (κ1) is 16.7. The summed E-state index contributed by atoms with van der Waals surface area (Å²) in [4.78, 5) is 0.246. The van der Waals surface area contributed by atoms with Crippen molar-refractivity contribution in [3.05, 3.63) is 29.8 Å². The molecule has 0 heterocycles. The smallest absolute Gasteiger partial charge is 0.240 e. The lowest BCUT2D eigenvalue weighted by atomic mass is 10.1. The molecule has 1 rings (SSSR count). The lowest BCUT2D eigenvalue weighted by molar-refractivity contribution is 0.512. The van der Waals surface area contributed by atoms with E-state index in [4.69, 9.17) is 5.73 Å². The van der Waals surface area contributed by atoms with Crippen LogP contribution in [0.4, 0.5) is 0 Å². The molecule has 0 amide bonds. The van der Waals surface area contributed by atoms with Gasteiger partial charge in [-0.15, -0.1) is 0 Å². The second-order valence-electron chi connectivity index (χ2n) is 4.55. The van der Waals surface area contributed by atoms with Gasteiger partial charge in [0.1, 0.15) is 0 Å². The molecule has 0 aliphatic rings. The Bertz CT molecular complexity index is 585. The first-order chi connectivity index (χ1) is 9.53. The average molecular weight is 294 g/mol. The SMILES string of the molecule is CCCC(CC)NS(=O)(=O)c1cccc(C#CCN)c1. The molecule has 1 aromatic carbocycles. The van der Waals surface area contributed by atoms with Gasteiger partial charge < -0.3 is 5.73 Å². The summed E-state index contributed by atoms with van der Waals surface area (Å²) >= 11 is 0. The molecule has 1 unspecified atom stereocenters. The summed E-state index contributed by atoms with van der Waals surface area (Å²) in [5.74, 6) is 5.56. The number of nitrogens with one attached hydrogen (secondary N) is 1. The van der Waals surface area contributed by atoms with Crippen molar-refractivity contribution in [3.8, 4) is 11.8 Å². The van der Waals surface area contributed by atoms with Crippen LogP contribution in [0.15, 0.2) is 29.2 Å². The van der Waals surface area contributed by atoms with E-state index in [1.165, 1.54) is 0 Å². The van der Waals surface area contributed by atoms with Crippen LogP contribution < -0.4 is 10.5 Å². The predicted octanol–water partition coefficient (Wildman–Crippen LogP) is 1.85. The lowest BCUT2D eigenvalue weighted by Gasteiger charge is -2.16. The Labute approximate surface area is 121 Å². The van der Waals surface area contributed by atoms with Crippen LogP contribution >= 0.6 is 0 Å². The molecule has 0 aliphatic carbocycles. The maximum atomic E-state index is 12.3. The molecule has 0 aliphatic heterocycles. The third-order valence-electron chi connectivity index (χ3n) is 2.93. The maximum absolute atomic E-state index is 12.3. The van der Waals surface area contributed by atoms with Gasteiger partial charge in [0.25, 0.3) is 0 Å². The van der Waals surface area contributed by atoms with Gasteiger partial charge in [-0.05, 0) is 31.0 Å². The van der Waals surface area contributed by atoms with Gasteiger partial charge in [0.05, 0.1) is 11.4 Å². The molecule has 110 valence electrons. The summed E-state index contributed by atoms with van der Waals surface area (Å²) in [6.07, 6.45) is 2.56. The first-order valence-corrected chi connectivity index (χ1v) is 8.33. The Morgan fingerprint density at radius 2 is 2.10 bits per heavy atom. The van der Waals surface area contributed by atoms with Crippen LogP contribution in [0.2, 0.25) is 0 Å². The zero-order valence-corrected chi connectivity index (χ0v) is 12.8. The summed E-state index contributed by atoms with van der Waals surface area (Å²) in [5.41, 5.74) is 5.97. The Kier molecular flexibility index (Phi) is 6.73. The van der Waals surface area contributed by atoms with Crippen LogP contribution in [0.3, 0.4) is 0 Å². The highest BCUT2D eigenvalue weighted by molar-refractivity contribution is 7.89. The van der Waals surface area contributed by atoms with Crippen molar-refractivity contribution in [2.24, 2.45) is 5.73 Å². The van der Waals surface area contributed by atoms with Crippen LogP contribution in [0.1, 0.15) is 38.7 Å². The van der Waals surface area contributed by atoms with E-state index in [1.54, 1.807) is 24.3 Å². The standard InChI is InChI=1S/C15H22N2O2S/c1-3-7-14(4-2)17-20(18,19)15-10-5-8-13(12-15)9-6-11-16/h5,8,10,12,14,17H,3-4,7,11,16H2,1-2H3. The molecule has 0 saturated heterocycles. The second-order valence-corrected chi connectivity index (χ2v) is 6.26. The van der Waals surface area contributed by atoms with Crippen LogP contribution in [-0.4, -0.2) is 21.0 Å². The monoisotopic (exact) mass is 294 g/mol. The fourth-order valence-corrected chi connectivity index (χ4v) is 3.28. The summed E-state index contributed by atoms with van der Waals surface area (Å²) in [5, 5.41) is 0. The third kappa shape index (κ3) is 4.97. The van der Waals surface area contributed by atoms with Crippen molar-refractivity contribution >= 4 is 10.0 Å². The van der Waals surface area contributed by atoms with E-state index in [0.29, 0.717) is 5.56 Å². The summed E-state index contributed by atoms with van der Waals surface area (Å²) in [7, 11) is -3.49. The highest BCUT2D eigenvalue weighted by Crippen LogP contribution is 2.13. The maximum Gasteiger partial charge on any atom is 0.240 e. The van der Waals surface area contributed by atoms with E-state index in [0.717, 1.165) is 19.3 Å². The largest absolute Gasteiger partial charge is 0.320 e. The molecule has 20 heavy (non-hydrogen) atoms. The van der Waals surface area contributed by atoms with Crippen molar-refractivity contribution in [2.45, 2.75) is 44.0 Å². The molecule has 1 atom stereocenters. The van der Waals surface area contributed by atoms with Gasteiger partial charge >= 0.3 is 0 Å². The second kappa shape index (κ2) is 8.05. The summed E-state index contributed by atoms with van der Waals surface area (Å²) in [6, 6.07) is 6.59. The molecule has 3 N–H and O–H groups in total. The Balaban J connectivity index is 2.97. The molecule has 0 fully saturated rings.